The maximum atomic E-state index is 13.3. The normalized spacial score (nSPS) is 22.8. The minimum atomic E-state index is -0.646. The van der Waals surface area contributed by atoms with E-state index in [0.29, 0.717) is 51.4 Å². The third kappa shape index (κ3) is 4.75. The number of hydrogen-bond donors (Lipinski definition) is 2. The Kier molecular flexibility index (Phi) is 6.12. The van der Waals surface area contributed by atoms with Gasteiger partial charge in [-0.25, -0.2) is 9.97 Å². The molecule has 13 heteroatoms. The van der Waals surface area contributed by atoms with Crippen LogP contribution in [0.4, 0.5) is 0 Å². The molecule has 2 atom stereocenters. The first-order chi connectivity index (χ1) is 17.1. The van der Waals surface area contributed by atoms with E-state index in [9.17, 15) is 14.4 Å². The molecule has 2 unspecified atom stereocenters. The summed E-state index contributed by atoms with van der Waals surface area (Å²) in [5.41, 5.74) is -0.750. The first-order valence-electron chi connectivity index (χ1n) is 11.9. The van der Waals surface area contributed by atoms with Crippen LogP contribution in [0.25, 0.3) is 5.78 Å². The van der Waals surface area contributed by atoms with Gasteiger partial charge >= 0.3 is 0 Å². The van der Waals surface area contributed by atoms with Gasteiger partial charge in [-0.05, 0) is 27.2 Å². The molecule has 13 nitrogen and oxygen atoms in total. The summed E-state index contributed by atoms with van der Waals surface area (Å²) in [6.07, 6.45) is 5.32. The summed E-state index contributed by atoms with van der Waals surface area (Å²) in [5, 5.41) is 9.82. The average molecular weight is 499 g/mol. The molecule has 0 aromatic carbocycles. The van der Waals surface area contributed by atoms with E-state index in [1.54, 1.807) is 22.0 Å². The molecule has 1 spiro atoms. The molecule has 2 saturated heterocycles. The maximum Gasteiger partial charge on any atom is 0.274 e. The van der Waals surface area contributed by atoms with Crippen molar-refractivity contribution in [2.75, 3.05) is 39.5 Å². The summed E-state index contributed by atoms with van der Waals surface area (Å²) in [7, 11) is 0. The zero-order valence-corrected chi connectivity index (χ0v) is 20.6. The van der Waals surface area contributed by atoms with Crippen molar-refractivity contribution in [3.63, 3.8) is 0 Å². The average Bonchev–Trinajstić information content (AvgIpc) is 3.56. The molecule has 192 valence electrons. The number of H-pyrrole nitrogens is 1. The summed E-state index contributed by atoms with van der Waals surface area (Å²) in [4.78, 5) is 47.8. The SMILES string of the molecule is CC(C)(C)n1cc(C(=O)N2CCOCC3(CC(CNC(=O)c4cc(=O)n5[nH]cnc5n4)CO3)C2)cn1. The highest BCUT2D eigenvalue weighted by Crippen LogP contribution is 2.33. The van der Waals surface area contributed by atoms with Crippen molar-refractivity contribution in [3.05, 3.63) is 46.4 Å². The lowest BCUT2D eigenvalue weighted by molar-refractivity contribution is -0.0538. The Morgan fingerprint density at radius 1 is 1.33 bits per heavy atom. The molecule has 5 heterocycles. The fourth-order valence-corrected chi connectivity index (χ4v) is 4.61. The maximum absolute atomic E-state index is 13.3. The van der Waals surface area contributed by atoms with Crippen LogP contribution < -0.4 is 10.9 Å². The van der Waals surface area contributed by atoms with E-state index < -0.39 is 17.1 Å². The number of nitrogens with one attached hydrogen (secondary N) is 2. The summed E-state index contributed by atoms with van der Waals surface area (Å²) < 4.78 is 14.9. The predicted molar refractivity (Wildman–Crippen MR) is 127 cm³/mol. The number of ether oxygens (including phenoxy) is 2. The highest BCUT2D eigenvalue weighted by atomic mass is 16.5. The second-order valence-electron chi connectivity index (χ2n) is 10.4. The summed E-state index contributed by atoms with van der Waals surface area (Å²) in [6.45, 7) is 8.49. The van der Waals surface area contributed by atoms with Crippen LogP contribution in [0.5, 0.6) is 0 Å². The molecule has 2 amide bonds. The number of aromatic amines is 1. The Hall–Kier alpha value is -3.58. The molecule has 3 aromatic rings. The van der Waals surface area contributed by atoms with Gasteiger partial charge in [0.15, 0.2) is 0 Å². The van der Waals surface area contributed by atoms with Gasteiger partial charge in [-0.2, -0.15) is 9.61 Å². The number of fused-ring (bicyclic) bond motifs is 1. The molecule has 0 radical (unpaired) electrons. The zero-order chi connectivity index (χ0) is 25.5. The minimum absolute atomic E-state index is 0.00565. The molecular formula is C23H30N8O5. The minimum Gasteiger partial charge on any atom is -0.377 e. The Bertz CT molecular complexity index is 1340. The number of aromatic nitrogens is 6. The summed E-state index contributed by atoms with van der Waals surface area (Å²) in [5.74, 6) is -0.416. The Morgan fingerprint density at radius 2 is 2.17 bits per heavy atom. The van der Waals surface area contributed by atoms with Crippen LogP contribution in [0, 0.1) is 5.92 Å². The van der Waals surface area contributed by atoms with Crippen LogP contribution in [-0.2, 0) is 15.0 Å². The standard InChI is InChI=1S/C23H30N8O5/c1-22(2,3)30-10-16(9-26-30)20(34)29-4-5-35-13-23(12-29)7-15(11-36-23)8-24-19(33)17-6-18(32)31-21(28-17)25-14-27-31/h6,9-10,14-15H,4-5,7-8,11-13H2,1-3H3,(H,24,33)(H,25,27,28). The van der Waals surface area contributed by atoms with E-state index in [1.807, 2.05) is 20.8 Å². The fourth-order valence-electron chi connectivity index (χ4n) is 4.61. The van der Waals surface area contributed by atoms with Gasteiger partial charge in [0.25, 0.3) is 23.2 Å². The Morgan fingerprint density at radius 3 is 2.94 bits per heavy atom. The monoisotopic (exact) mass is 498 g/mol. The van der Waals surface area contributed by atoms with E-state index in [0.717, 1.165) is 10.6 Å². The van der Waals surface area contributed by atoms with Gasteiger partial charge in [0, 0.05) is 31.3 Å². The predicted octanol–water partition coefficient (Wildman–Crippen LogP) is 0.0468. The third-order valence-corrected chi connectivity index (χ3v) is 6.49. The lowest BCUT2D eigenvalue weighted by Crippen LogP contribution is -2.46. The van der Waals surface area contributed by atoms with Crippen molar-refractivity contribution in [3.8, 4) is 0 Å². The molecule has 36 heavy (non-hydrogen) atoms. The van der Waals surface area contributed by atoms with E-state index in [2.05, 4.69) is 25.5 Å². The van der Waals surface area contributed by atoms with Crippen LogP contribution in [0.15, 0.2) is 29.6 Å². The number of carbonyl (C=O) groups is 2. The van der Waals surface area contributed by atoms with Crippen LogP contribution in [0.1, 0.15) is 48.0 Å². The van der Waals surface area contributed by atoms with E-state index >= 15 is 0 Å². The molecule has 5 rings (SSSR count). The zero-order valence-electron chi connectivity index (χ0n) is 20.6. The largest absolute Gasteiger partial charge is 0.377 e. The summed E-state index contributed by atoms with van der Waals surface area (Å²) >= 11 is 0. The van der Waals surface area contributed by atoms with Crippen molar-refractivity contribution in [1.29, 1.82) is 0 Å². The Balaban J connectivity index is 1.22. The molecule has 2 aliphatic rings. The molecular weight excluding hydrogens is 468 g/mol. The van der Waals surface area contributed by atoms with Crippen molar-refractivity contribution < 1.29 is 19.1 Å². The lowest BCUT2D eigenvalue weighted by Gasteiger charge is -2.31. The number of nitrogens with zero attached hydrogens (tertiary/aromatic N) is 6. The van der Waals surface area contributed by atoms with Crippen molar-refractivity contribution in [2.45, 2.75) is 38.3 Å². The summed E-state index contributed by atoms with van der Waals surface area (Å²) in [6, 6.07) is 1.16. The molecule has 0 saturated carbocycles. The Labute approximate surface area is 206 Å². The van der Waals surface area contributed by atoms with Gasteiger partial charge in [-0.15, -0.1) is 0 Å². The number of rotatable bonds is 4. The highest BCUT2D eigenvalue weighted by Gasteiger charge is 2.44. The van der Waals surface area contributed by atoms with E-state index in [4.69, 9.17) is 9.47 Å². The van der Waals surface area contributed by atoms with Gasteiger partial charge in [-0.1, -0.05) is 0 Å². The molecule has 0 aliphatic carbocycles. The van der Waals surface area contributed by atoms with E-state index in [1.165, 1.54) is 6.33 Å². The second-order valence-corrected chi connectivity index (χ2v) is 10.4. The first-order valence-corrected chi connectivity index (χ1v) is 11.9. The molecule has 0 bridgehead atoms. The van der Waals surface area contributed by atoms with Gasteiger partial charge < -0.3 is 19.7 Å². The third-order valence-electron chi connectivity index (χ3n) is 6.49. The smallest absolute Gasteiger partial charge is 0.274 e. The van der Waals surface area contributed by atoms with Gasteiger partial charge in [0.1, 0.15) is 17.6 Å². The highest BCUT2D eigenvalue weighted by molar-refractivity contribution is 5.94. The van der Waals surface area contributed by atoms with Crippen LogP contribution in [0.2, 0.25) is 0 Å². The van der Waals surface area contributed by atoms with Crippen LogP contribution in [0.3, 0.4) is 0 Å². The molecule has 2 N–H and O–H groups in total. The number of carbonyl (C=O) groups excluding carboxylic acids is 2. The lowest BCUT2D eigenvalue weighted by atomic mass is 9.94. The fraction of sp³-hybridized carbons (Fsp3) is 0.565. The number of amides is 2. The van der Waals surface area contributed by atoms with Crippen LogP contribution in [-0.4, -0.2) is 91.1 Å². The van der Waals surface area contributed by atoms with Crippen LogP contribution >= 0.6 is 0 Å². The van der Waals surface area contributed by atoms with Crippen molar-refractivity contribution >= 4 is 17.6 Å². The van der Waals surface area contributed by atoms with E-state index in [-0.39, 0.29) is 28.8 Å². The molecule has 3 aromatic heterocycles. The topological polar surface area (TPSA) is 149 Å². The van der Waals surface area contributed by atoms with Gasteiger partial charge in [0.05, 0.1) is 43.7 Å². The van der Waals surface area contributed by atoms with Crippen molar-refractivity contribution in [1.82, 2.24) is 39.6 Å². The van der Waals surface area contributed by atoms with Crippen molar-refractivity contribution in [2.24, 2.45) is 5.92 Å². The second kappa shape index (κ2) is 9.13. The molecule has 2 fully saturated rings. The molecule has 2 aliphatic heterocycles. The quantitative estimate of drug-likeness (QED) is 0.512. The number of hydrogen-bond acceptors (Lipinski definition) is 8. The van der Waals surface area contributed by atoms with Gasteiger partial charge in [0.2, 0.25) is 0 Å². The van der Waals surface area contributed by atoms with Gasteiger partial charge in [-0.3, -0.25) is 24.2 Å². The first kappa shape index (κ1) is 24.1.